The van der Waals surface area contributed by atoms with Crippen LogP contribution in [0.4, 0.5) is 5.82 Å². The van der Waals surface area contributed by atoms with Crippen molar-refractivity contribution in [3.05, 3.63) is 41.3 Å². The molecule has 0 radical (unpaired) electrons. The van der Waals surface area contributed by atoms with Gasteiger partial charge in [-0.1, -0.05) is 0 Å². The zero-order valence-electron chi connectivity index (χ0n) is 16.2. The second kappa shape index (κ2) is 8.37. The topological polar surface area (TPSA) is 64.4 Å². The third-order valence-electron chi connectivity index (χ3n) is 5.52. The molecule has 0 spiro atoms. The largest absolute Gasteiger partial charge is 0.378 e. The zero-order chi connectivity index (χ0) is 18.6. The maximum atomic E-state index is 6.11. The number of hydrogen-bond donors (Lipinski definition) is 1. The van der Waals surface area contributed by atoms with Crippen LogP contribution in [-0.2, 0) is 23.1 Å². The van der Waals surface area contributed by atoms with E-state index in [4.69, 9.17) is 9.47 Å². The Labute approximate surface area is 160 Å². The molecule has 2 atom stereocenters. The number of ether oxygens (including phenoxy) is 2. The minimum absolute atomic E-state index is 0.0746. The third kappa shape index (κ3) is 4.00. The highest BCUT2D eigenvalue weighted by Gasteiger charge is 2.28. The van der Waals surface area contributed by atoms with Crippen molar-refractivity contribution in [1.82, 2.24) is 20.1 Å². The molecule has 0 saturated carbocycles. The van der Waals surface area contributed by atoms with Gasteiger partial charge in [-0.2, -0.15) is 5.10 Å². The van der Waals surface area contributed by atoms with Crippen molar-refractivity contribution < 1.29 is 9.47 Å². The minimum Gasteiger partial charge on any atom is -0.378 e. The Hall–Kier alpha value is -1.96. The summed E-state index contributed by atoms with van der Waals surface area (Å²) in [4.78, 5) is 6.52. The summed E-state index contributed by atoms with van der Waals surface area (Å²) in [6.07, 6.45) is 5.95. The van der Waals surface area contributed by atoms with Crippen molar-refractivity contribution in [3.63, 3.8) is 0 Å². The van der Waals surface area contributed by atoms with E-state index in [2.05, 4.69) is 39.4 Å². The van der Waals surface area contributed by atoms with Crippen LogP contribution in [0.15, 0.2) is 24.5 Å². The highest BCUT2D eigenvalue weighted by Crippen LogP contribution is 2.30. The Bertz CT molecular complexity index is 742. The van der Waals surface area contributed by atoms with Gasteiger partial charge in [0.25, 0.3) is 0 Å². The average Bonchev–Trinajstić information content (AvgIpc) is 3.01. The summed E-state index contributed by atoms with van der Waals surface area (Å²) in [5.74, 6) is 1.21. The second-order valence-electron chi connectivity index (χ2n) is 7.31. The molecule has 146 valence electrons. The smallest absolute Gasteiger partial charge is 0.131 e. The van der Waals surface area contributed by atoms with E-state index >= 15 is 0 Å². The molecular weight excluding hydrogens is 342 g/mol. The summed E-state index contributed by atoms with van der Waals surface area (Å²) in [6.45, 7) is 7.09. The first-order valence-corrected chi connectivity index (χ1v) is 9.84. The molecule has 2 fully saturated rings. The SMILES string of the molecule is Cc1nn(C)c(N2CCOCC2)c1CN[C@H]1CCCO[C@@H]1c1ccncc1. The van der Waals surface area contributed by atoms with Crippen LogP contribution < -0.4 is 10.2 Å². The van der Waals surface area contributed by atoms with E-state index in [0.717, 1.165) is 58.0 Å². The van der Waals surface area contributed by atoms with Crippen LogP contribution in [-0.4, -0.2) is 53.7 Å². The lowest BCUT2D eigenvalue weighted by Gasteiger charge is -2.33. The van der Waals surface area contributed by atoms with Crippen LogP contribution in [0, 0.1) is 6.92 Å². The van der Waals surface area contributed by atoms with E-state index in [0.29, 0.717) is 6.04 Å². The van der Waals surface area contributed by atoms with Gasteiger partial charge in [0.15, 0.2) is 0 Å². The second-order valence-corrected chi connectivity index (χ2v) is 7.31. The van der Waals surface area contributed by atoms with E-state index in [1.54, 1.807) is 0 Å². The number of rotatable bonds is 5. The van der Waals surface area contributed by atoms with E-state index < -0.39 is 0 Å². The van der Waals surface area contributed by atoms with Crippen molar-refractivity contribution in [1.29, 1.82) is 0 Å². The number of aromatic nitrogens is 3. The quantitative estimate of drug-likeness (QED) is 0.867. The number of aryl methyl sites for hydroxylation is 2. The summed E-state index contributed by atoms with van der Waals surface area (Å²) >= 11 is 0. The molecule has 2 aliphatic rings. The van der Waals surface area contributed by atoms with Crippen molar-refractivity contribution in [2.45, 2.75) is 38.5 Å². The molecule has 2 aromatic rings. The fourth-order valence-corrected chi connectivity index (χ4v) is 4.17. The number of anilines is 1. The normalized spacial score (nSPS) is 23.6. The Morgan fingerprint density at radius 2 is 1.96 bits per heavy atom. The maximum absolute atomic E-state index is 6.11. The molecule has 27 heavy (non-hydrogen) atoms. The first-order valence-electron chi connectivity index (χ1n) is 9.84. The molecule has 4 rings (SSSR count). The van der Waals surface area contributed by atoms with Gasteiger partial charge in [-0.15, -0.1) is 0 Å². The lowest BCUT2D eigenvalue weighted by atomic mass is 9.96. The first kappa shape index (κ1) is 18.4. The number of morpholine rings is 1. The Morgan fingerprint density at radius 1 is 1.19 bits per heavy atom. The predicted molar refractivity (Wildman–Crippen MR) is 104 cm³/mol. The summed E-state index contributed by atoms with van der Waals surface area (Å²) < 4.78 is 13.6. The molecule has 7 heteroatoms. The van der Waals surface area contributed by atoms with Gasteiger partial charge in [-0.3, -0.25) is 9.67 Å². The van der Waals surface area contributed by atoms with Crippen molar-refractivity contribution in [3.8, 4) is 0 Å². The molecule has 4 heterocycles. The molecule has 0 aromatic carbocycles. The molecule has 0 amide bonds. The number of hydrogen-bond acceptors (Lipinski definition) is 6. The molecule has 0 bridgehead atoms. The van der Waals surface area contributed by atoms with Crippen molar-refractivity contribution in [2.24, 2.45) is 7.05 Å². The highest BCUT2D eigenvalue weighted by atomic mass is 16.5. The monoisotopic (exact) mass is 371 g/mol. The van der Waals surface area contributed by atoms with E-state index in [1.165, 1.54) is 16.9 Å². The highest BCUT2D eigenvalue weighted by molar-refractivity contribution is 5.50. The Morgan fingerprint density at radius 3 is 2.74 bits per heavy atom. The molecule has 0 unspecified atom stereocenters. The summed E-state index contributed by atoms with van der Waals surface area (Å²) in [5.41, 5.74) is 3.56. The van der Waals surface area contributed by atoms with Gasteiger partial charge in [-0.25, -0.2) is 0 Å². The molecule has 1 N–H and O–H groups in total. The van der Waals surface area contributed by atoms with Crippen LogP contribution in [0.1, 0.15) is 35.8 Å². The number of nitrogens with zero attached hydrogens (tertiary/aromatic N) is 4. The molecular formula is C20H29N5O2. The Balaban J connectivity index is 1.50. The van der Waals surface area contributed by atoms with E-state index in [1.807, 2.05) is 24.1 Å². The van der Waals surface area contributed by atoms with Crippen LogP contribution >= 0.6 is 0 Å². The maximum Gasteiger partial charge on any atom is 0.131 e. The fraction of sp³-hybridized carbons (Fsp3) is 0.600. The molecule has 2 aromatic heterocycles. The van der Waals surface area contributed by atoms with Crippen LogP contribution in [0.25, 0.3) is 0 Å². The van der Waals surface area contributed by atoms with Gasteiger partial charge in [0.1, 0.15) is 5.82 Å². The van der Waals surface area contributed by atoms with Gasteiger partial charge in [0.2, 0.25) is 0 Å². The lowest BCUT2D eigenvalue weighted by Crippen LogP contribution is -2.40. The predicted octanol–water partition coefficient (Wildman–Crippen LogP) is 1.97. The van der Waals surface area contributed by atoms with Crippen LogP contribution in [0.5, 0.6) is 0 Å². The summed E-state index contributed by atoms with van der Waals surface area (Å²) in [5, 5.41) is 8.45. The van der Waals surface area contributed by atoms with Gasteiger partial charge in [0.05, 0.1) is 25.0 Å². The number of pyridine rings is 1. The van der Waals surface area contributed by atoms with Crippen LogP contribution in [0.3, 0.4) is 0 Å². The van der Waals surface area contributed by atoms with Crippen molar-refractivity contribution in [2.75, 3.05) is 37.8 Å². The summed E-state index contributed by atoms with van der Waals surface area (Å²) in [6, 6.07) is 4.40. The van der Waals surface area contributed by atoms with Crippen LogP contribution in [0.2, 0.25) is 0 Å². The van der Waals surface area contributed by atoms with Gasteiger partial charge in [-0.05, 0) is 37.5 Å². The minimum atomic E-state index is 0.0746. The third-order valence-corrected chi connectivity index (χ3v) is 5.52. The van der Waals surface area contributed by atoms with Gasteiger partial charge in [0, 0.05) is 57.3 Å². The van der Waals surface area contributed by atoms with Crippen molar-refractivity contribution >= 4 is 5.82 Å². The van der Waals surface area contributed by atoms with Gasteiger partial charge >= 0.3 is 0 Å². The Kier molecular flexibility index (Phi) is 5.71. The average molecular weight is 371 g/mol. The molecule has 2 saturated heterocycles. The molecule has 0 aliphatic carbocycles. The number of nitrogens with one attached hydrogen (secondary N) is 1. The zero-order valence-corrected chi connectivity index (χ0v) is 16.2. The lowest BCUT2D eigenvalue weighted by molar-refractivity contribution is -0.0112. The first-order chi connectivity index (χ1) is 13.2. The summed E-state index contributed by atoms with van der Waals surface area (Å²) in [7, 11) is 2.03. The molecule has 7 nitrogen and oxygen atoms in total. The van der Waals surface area contributed by atoms with Gasteiger partial charge < -0.3 is 19.7 Å². The van der Waals surface area contributed by atoms with E-state index in [-0.39, 0.29) is 6.10 Å². The van der Waals surface area contributed by atoms with E-state index in [9.17, 15) is 0 Å². The molecule has 2 aliphatic heterocycles. The fourth-order valence-electron chi connectivity index (χ4n) is 4.17. The standard InChI is InChI=1S/C20H29N5O2/c1-15-17(20(24(2)23-15)25-9-12-26-13-10-25)14-22-18-4-3-11-27-19(18)16-5-7-21-8-6-16/h5-8,18-19,22H,3-4,9-14H2,1-2H3/t18-,19+/m0/s1.